The number of carbonyl (C=O) groups is 3. The summed E-state index contributed by atoms with van der Waals surface area (Å²) in [6.07, 6.45) is 0.142. The van der Waals surface area contributed by atoms with Crippen LogP contribution in [0.15, 0.2) is 16.8 Å². The minimum absolute atomic E-state index is 0.142. The van der Waals surface area contributed by atoms with E-state index in [4.69, 9.17) is 4.74 Å². The molecule has 1 fully saturated rings. The second-order valence-electron chi connectivity index (χ2n) is 3.75. The van der Waals surface area contributed by atoms with Crippen molar-refractivity contribution in [2.45, 2.75) is 6.42 Å². The Kier molecular flexibility index (Phi) is 3.93. The number of ether oxygens (including phenoxy) is 1. The summed E-state index contributed by atoms with van der Waals surface area (Å²) in [5.74, 6) is -0.968. The highest BCUT2D eigenvalue weighted by Crippen LogP contribution is 2.07. The Hall–Kier alpha value is -1.89. The van der Waals surface area contributed by atoms with Gasteiger partial charge < -0.3 is 10.1 Å². The summed E-state index contributed by atoms with van der Waals surface area (Å²) in [7, 11) is 0. The molecule has 1 N–H and O–H groups in total. The third-order valence-electron chi connectivity index (χ3n) is 2.44. The van der Waals surface area contributed by atoms with Crippen LogP contribution in [-0.2, 0) is 20.7 Å². The van der Waals surface area contributed by atoms with Crippen LogP contribution in [0.4, 0.5) is 4.79 Å². The van der Waals surface area contributed by atoms with Crippen LogP contribution >= 0.6 is 11.3 Å². The van der Waals surface area contributed by atoms with Crippen molar-refractivity contribution in [3.8, 4) is 0 Å². The lowest BCUT2D eigenvalue weighted by atomic mass is 10.2. The maximum absolute atomic E-state index is 11.6. The van der Waals surface area contributed by atoms with Crippen molar-refractivity contribution in [3.05, 3.63) is 22.4 Å². The maximum Gasteiger partial charge on any atom is 0.324 e. The van der Waals surface area contributed by atoms with Gasteiger partial charge in [0.25, 0.3) is 5.91 Å². The monoisotopic (exact) mass is 268 g/mol. The number of thiophene rings is 1. The first kappa shape index (κ1) is 12.6. The van der Waals surface area contributed by atoms with E-state index in [1.54, 1.807) is 0 Å². The topological polar surface area (TPSA) is 75.7 Å². The van der Waals surface area contributed by atoms with E-state index in [1.807, 2.05) is 16.8 Å². The predicted molar refractivity (Wildman–Crippen MR) is 64.1 cm³/mol. The summed E-state index contributed by atoms with van der Waals surface area (Å²) >= 11 is 1.49. The van der Waals surface area contributed by atoms with Gasteiger partial charge in [0.2, 0.25) is 0 Å². The Morgan fingerprint density at radius 3 is 2.94 bits per heavy atom. The molecule has 6 nitrogen and oxygen atoms in total. The Labute approximate surface area is 108 Å². The molecule has 2 heterocycles. The third-order valence-corrected chi connectivity index (χ3v) is 3.18. The van der Waals surface area contributed by atoms with E-state index in [9.17, 15) is 14.4 Å². The number of nitrogens with one attached hydrogen (secondary N) is 1. The predicted octanol–water partition coefficient (Wildman–Crippen LogP) is 0.386. The number of imide groups is 1. The zero-order valence-corrected chi connectivity index (χ0v) is 10.4. The summed E-state index contributed by atoms with van der Waals surface area (Å²) in [6, 6.07) is 1.38. The molecular weight excluding hydrogens is 256 g/mol. The van der Waals surface area contributed by atoms with Crippen molar-refractivity contribution in [3.63, 3.8) is 0 Å². The van der Waals surface area contributed by atoms with Crippen LogP contribution in [0.1, 0.15) is 5.56 Å². The summed E-state index contributed by atoms with van der Waals surface area (Å²) in [5.41, 5.74) is 0.858. The number of amides is 3. The SMILES string of the molecule is O=C(Cc1ccsc1)OCC(=O)N1CCNC1=O. The largest absolute Gasteiger partial charge is 0.455 e. The van der Waals surface area contributed by atoms with E-state index in [2.05, 4.69) is 5.32 Å². The quantitative estimate of drug-likeness (QED) is 0.801. The molecule has 1 saturated heterocycles. The van der Waals surface area contributed by atoms with Crippen molar-refractivity contribution < 1.29 is 19.1 Å². The second kappa shape index (κ2) is 5.63. The number of nitrogens with zero attached hydrogens (tertiary/aromatic N) is 1. The Morgan fingerprint density at radius 1 is 1.50 bits per heavy atom. The number of esters is 1. The van der Waals surface area contributed by atoms with Crippen LogP contribution in [0, 0.1) is 0 Å². The zero-order chi connectivity index (χ0) is 13.0. The molecule has 0 radical (unpaired) electrons. The molecule has 0 aliphatic carbocycles. The van der Waals surface area contributed by atoms with Crippen molar-refractivity contribution in [1.82, 2.24) is 10.2 Å². The molecule has 1 aromatic heterocycles. The summed E-state index contributed by atoms with van der Waals surface area (Å²) in [6.45, 7) is 0.365. The van der Waals surface area contributed by atoms with Gasteiger partial charge in [0.1, 0.15) is 0 Å². The van der Waals surface area contributed by atoms with Gasteiger partial charge in [-0.05, 0) is 22.4 Å². The third kappa shape index (κ3) is 3.07. The van der Waals surface area contributed by atoms with E-state index >= 15 is 0 Å². The van der Waals surface area contributed by atoms with Gasteiger partial charge in [0.15, 0.2) is 6.61 Å². The number of hydrogen-bond acceptors (Lipinski definition) is 5. The van der Waals surface area contributed by atoms with Gasteiger partial charge in [-0.1, -0.05) is 0 Å². The second-order valence-corrected chi connectivity index (χ2v) is 4.53. The number of rotatable bonds is 4. The fourth-order valence-electron chi connectivity index (χ4n) is 1.54. The first-order chi connectivity index (χ1) is 8.66. The van der Waals surface area contributed by atoms with Gasteiger partial charge in [-0.2, -0.15) is 11.3 Å². The standard InChI is InChI=1S/C11H12N2O4S/c14-9(13-3-2-12-11(13)16)6-17-10(15)5-8-1-4-18-7-8/h1,4,7H,2-3,5-6H2,(H,12,16). The Morgan fingerprint density at radius 2 is 2.33 bits per heavy atom. The Bertz CT molecular complexity index is 458. The summed E-state index contributed by atoms with van der Waals surface area (Å²) in [5, 5.41) is 6.21. The smallest absolute Gasteiger partial charge is 0.324 e. The minimum Gasteiger partial charge on any atom is -0.455 e. The molecule has 2 rings (SSSR count). The summed E-state index contributed by atoms with van der Waals surface area (Å²) in [4.78, 5) is 35.2. The molecule has 18 heavy (non-hydrogen) atoms. The highest BCUT2D eigenvalue weighted by Gasteiger charge is 2.26. The lowest BCUT2D eigenvalue weighted by Crippen LogP contribution is -2.37. The summed E-state index contributed by atoms with van der Waals surface area (Å²) < 4.78 is 4.83. The first-order valence-electron chi connectivity index (χ1n) is 5.41. The van der Waals surface area contributed by atoms with E-state index in [1.165, 1.54) is 11.3 Å². The molecule has 0 aromatic carbocycles. The highest BCUT2D eigenvalue weighted by molar-refractivity contribution is 7.07. The van der Waals surface area contributed by atoms with Crippen LogP contribution in [-0.4, -0.2) is 42.5 Å². The molecule has 0 spiro atoms. The van der Waals surface area contributed by atoms with Gasteiger partial charge in [-0.3, -0.25) is 14.5 Å². The van der Waals surface area contributed by atoms with Crippen molar-refractivity contribution in [2.75, 3.05) is 19.7 Å². The van der Waals surface area contributed by atoms with Crippen molar-refractivity contribution in [1.29, 1.82) is 0 Å². The highest BCUT2D eigenvalue weighted by atomic mass is 32.1. The minimum atomic E-state index is -0.497. The fraction of sp³-hybridized carbons (Fsp3) is 0.364. The van der Waals surface area contributed by atoms with Crippen molar-refractivity contribution >= 4 is 29.2 Å². The molecule has 7 heteroatoms. The van der Waals surface area contributed by atoms with Gasteiger partial charge in [-0.25, -0.2) is 4.79 Å². The number of urea groups is 1. The van der Waals surface area contributed by atoms with Gasteiger partial charge in [0.05, 0.1) is 6.42 Å². The molecule has 0 bridgehead atoms. The molecule has 1 aliphatic rings. The van der Waals surface area contributed by atoms with Gasteiger partial charge in [0, 0.05) is 13.1 Å². The molecule has 0 unspecified atom stereocenters. The van der Waals surface area contributed by atoms with Crippen LogP contribution in [0.3, 0.4) is 0 Å². The number of hydrogen-bond donors (Lipinski definition) is 1. The van der Waals surface area contributed by atoms with Gasteiger partial charge >= 0.3 is 12.0 Å². The normalized spacial score (nSPS) is 14.4. The van der Waals surface area contributed by atoms with Crippen molar-refractivity contribution in [2.24, 2.45) is 0 Å². The van der Waals surface area contributed by atoms with Gasteiger partial charge in [-0.15, -0.1) is 0 Å². The van der Waals surface area contributed by atoms with Crippen LogP contribution in [0.5, 0.6) is 0 Å². The molecular formula is C11H12N2O4S. The van der Waals surface area contributed by atoms with Crippen LogP contribution in [0.25, 0.3) is 0 Å². The molecule has 1 aromatic rings. The van der Waals surface area contributed by atoms with E-state index in [0.29, 0.717) is 13.1 Å². The van der Waals surface area contributed by atoms with E-state index in [0.717, 1.165) is 10.5 Å². The number of carbonyl (C=O) groups excluding carboxylic acids is 3. The van der Waals surface area contributed by atoms with E-state index < -0.39 is 24.5 Å². The molecule has 96 valence electrons. The lowest BCUT2D eigenvalue weighted by molar-refractivity contribution is -0.150. The molecule has 0 saturated carbocycles. The zero-order valence-electron chi connectivity index (χ0n) is 9.55. The molecule has 0 atom stereocenters. The van der Waals surface area contributed by atoms with Crippen LogP contribution in [0.2, 0.25) is 0 Å². The Balaban J connectivity index is 1.75. The van der Waals surface area contributed by atoms with E-state index in [-0.39, 0.29) is 6.42 Å². The maximum atomic E-state index is 11.6. The fourth-order valence-corrected chi connectivity index (χ4v) is 2.21. The van der Waals surface area contributed by atoms with Crippen LogP contribution < -0.4 is 5.32 Å². The lowest BCUT2D eigenvalue weighted by Gasteiger charge is -2.11. The molecule has 1 aliphatic heterocycles. The average molecular weight is 268 g/mol. The first-order valence-corrected chi connectivity index (χ1v) is 6.36. The molecule has 3 amide bonds. The average Bonchev–Trinajstić information content (AvgIpc) is 2.97.